The van der Waals surface area contributed by atoms with Gasteiger partial charge in [-0.3, -0.25) is 9.69 Å². The first-order chi connectivity index (χ1) is 14.7. The predicted molar refractivity (Wildman–Crippen MR) is 133 cm³/mol. The second-order valence-corrected chi connectivity index (χ2v) is 7.59. The fourth-order valence-electron chi connectivity index (χ4n) is 3.57. The lowest BCUT2D eigenvalue weighted by Gasteiger charge is -2.39. The minimum Gasteiger partial charge on any atom is -0.357 e. The van der Waals surface area contributed by atoms with Gasteiger partial charge < -0.3 is 15.1 Å². The Kier molecular flexibility index (Phi) is 11.8. The van der Waals surface area contributed by atoms with E-state index in [4.69, 9.17) is 0 Å². The number of hydrogen-bond acceptors (Lipinski definition) is 3. The number of rotatable bonds is 7. The molecule has 1 aliphatic heterocycles. The molecule has 0 bridgehead atoms. The molecule has 2 rings (SSSR count). The van der Waals surface area contributed by atoms with E-state index in [1.54, 1.807) is 4.90 Å². The van der Waals surface area contributed by atoms with Crippen molar-refractivity contribution in [2.75, 3.05) is 45.8 Å². The van der Waals surface area contributed by atoms with Crippen molar-refractivity contribution in [1.29, 1.82) is 0 Å². The number of guanidine groups is 1. The van der Waals surface area contributed by atoms with Gasteiger partial charge in [0.1, 0.15) is 6.04 Å². The maximum absolute atomic E-state index is 13.0. The molecule has 0 radical (unpaired) electrons. The number of halogens is 4. The number of benzene rings is 1. The summed E-state index contributed by atoms with van der Waals surface area (Å²) in [6.07, 6.45) is -4.21. The van der Waals surface area contributed by atoms with E-state index in [2.05, 4.69) is 10.3 Å². The molecule has 10 heteroatoms. The van der Waals surface area contributed by atoms with Gasteiger partial charge in [-0.1, -0.05) is 12.1 Å². The van der Waals surface area contributed by atoms with Crippen LogP contribution >= 0.6 is 24.0 Å². The monoisotopic (exact) mass is 569 g/mol. The van der Waals surface area contributed by atoms with Gasteiger partial charge in [0.15, 0.2) is 5.96 Å². The zero-order chi connectivity index (χ0) is 23.0. The molecule has 1 aromatic rings. The summed E-state index contributed by atoms with van der Waals surface area (Å²) in [5, 5.41) is 3.23. The number of carbonyl (C=O) groups excluding carboxylic acids is 1. The Morgan fingerprint density at radius 2 is 1.66 bits per heavy atom. The van der Waals surface area contributed by atoms with Crippen molar-refractivity contribution in [1.82, 2.24) is 20.0 Å². The van der Waals surface area contributed by atoms with Crippen LogP contribution in [0.5, 0.6) is 0 Å². The second kappa shape index (κ2) is 13.2. The van der Waals surface area contributed by atoms with Crippen LogP contribution in [0.4, 0.5) is 13.2 Å². The van der Waals surface area contributed by atoms with Gasteiger partial charge in [0.2, 0.25) is 0 Å². The van der Waals surface area contributed by atoms with Gasteiger partial charge >= 0.3 is 6.18 Å². The fourth-order valence-corrected chi connectivity index (χ4v) is 3.57. The molecule has 1 amide bonds. The Morgan fingerprint density at radius 1 is 1.09 bits per heavy atom. The minimum absolute atomic E-state index is 0. The maximum atomic E-state index is 13.0. The molecule has 6 nitrogen and oxygen atoms in total. The van der Waals surface area contributed by atoms with Crippen molar-refractivity contribution in [3.05, 3.63) is 35.4 Å². The van der Waals surface area contributed by atoms with Crippen LogP contribution in [0.3, 0.4) is 0 Å². The number of alkyl halides is 3. The number of hydrogen-bond donors (Lipinski definition) is 1. The summed E-state index contributed by atoms with van der Waals surface area (Å²) in [5.41, 5.74) is 1.62. The van der Waals surface area contributed by atoms with Crippen LogP contribution in [-0.2, 0) is 6.54 Å². The number of piperazine rings is 1. The predicted octanol–water partition coefficient (Wildman–Crippen LogP) is 3.82. The molecule has 1 N–H and O–H groups in total. The van der Waals surface area contributed by atoms with Crippen molar-refractivity contribution >= 4 is 35.8 Å². The van der Waals surface area contributed by atoms with Crippen LogP contribution < -0.4 is 5.32 Å². The van der Waals surface area contributed by atoms with Gasteiger partial charge in [-0.05, 0) is 45.4 Å². The molecular weight excluding hydrogens is 534 g/mol. The molecule has 1 aliphatic rings. The summed E-state index contributed by atoms with van der Waals surface area (Å²) in [5.74, 6) is 0.712. The topological polar surface area (TPSA) is 51.2 Å². The van der Waals surface area contributed by atoms with E-state index < -0.39 is 12.2 Å². The highest BCUT2D eigenvalue weighted by Gasteiger charge is 2.41. The smallest absolute Gasteiger partial charge is 0.357 e. The van der Waals surface area contributed by atoms with Gasteiger partial charge in [0, 0.05) is 51.4 Å². The van der Waals surface area contributed by atoms with Gasteiger partial charge in [-0.2, -0.15) is 13.2 Å². The molecule has 1 atom stereocenters. The summed E-state index contributed by atoms with van der Waals surface area (Å²) in [6.45, 7) is 11.2. The highest BCUT2D eigenvalue weighted by molar-refractivity contribution is 14.0. The van der Waals surface area contributed by atoms with Crippen molar-refractivity contribution in [2.45, 2.75) is 46.5 Å². The van der Waals surface area contributed by atoms with E-state index in [1.165, 1.54) is 11.8 Å². The van der Waals surface area contributed by atoms with Crippen LogP contribution in [0, 0.1) is 0 Å². The van der Waals surface area contributed by atoms with E-state index in [0.717, 1.165) is 5.56 Å². The molecule has 0 aliphatic carbocycles. The standard InChI is InChI=1S/C22H34F3N5O.HI/c1-5-26-21(30-14-12-29(13-15-30)17(4)22(23,24)25)27-16-18-8-10-19(11-9-18)20(31)28(6-2)7-3;/h8-11,17H,5-7,12-16H2,1-4H3,(H,26,27);1H. The normalized spacial score (nSPS) is 16.3. The van der Waals surface area contributed by atoms with E-state index in [1.807, 2.05) is 49.9 Å². The average Bonchev–Trinajstić information content (AvgIpc) is 2.76. The number of nitrogens with one attached hydrogen (secondary N) is 1. The van der Waals surface area contributed by atoms with Crippen LogP contribution in [0.1, 0.15) is 43.6 Å². The molecule has 1 saturated heterocycles. The Bertz CT molecular complexity index is 730. The van der Waals surface area contributed by atoms with Crippen molar-refractivity contribution < 1.29 is 18.0 Å². The first kappa shape index (κ1) is 28.5. The summed E-state index contributed by atoms with van der Waals surface area (Å²) >= 11 is 0. The van der Waals surface area contributed by atoms with E-state index in [0.29, 0.717) is 63.9 Å². The highest BCUT2D eigenvalue weighted by atomic mass is 127. The van der Waals surface area contributed by atoms with Gasteiger partial charge in [0.05, 0.1) is 6.54 Å². The molecule has 1 heterocycles. The lowest BCUT2D eigenvalue weighted by Crippen LogP contribution is -2.56. The third-order valence-electron chi connectivity index (χ3n) is 5.63. The molecule has 32 heavy (non-hydrogen) atoms. The SMILES string of the molecule is CCNC(=NCc1ccc(C(=O)N(CC)CC)cc1)N1CCN(C(C)C(F)(F)F)CC1.I. The largest absolute Gasteiger partial charge is 0.403 e. The van der Waals surface area contributed by atoms with Crippen molar-refractivity contribution in [2.24, 2.45) is 4.99 Å². The molecular formula is C22H35F3IN5O. The Morgan fingerprint density at radius 3 is 2.12 bits per heavy atom. The maximum Gasteiger partial charge on any atom is 0.403 e. The van der Waals surface area contributed by atoms with Crippen LogP contribution in [0.15, 0.2) is 29.3 Å². The van der Waals surface area contributed by atoms with Crippen LogP contribution in [0.25, 0.3) is 0 Å². The van der Waals surface area contributed by atoms with E-state index >= 15 is 0 Å². The number of carbonyl (C=O) groups is 1. The second-order valence-electron chi connectivity index (χ2n) is 7.59. The molecule has 0 aromatic heterocycles. The molecule has 1 aromatic carbocycles. The zero-order valence-corrected chi connectivity index (χ0v) is 21.6. The highest BCUT2D eigenvalue weighted by Crippen LogP contribution is 2.25. The Hall–Kier alpha value is -1.56. The zero-order valence-electron chi connectivity index (χ0n) is 19.3. The number of aliphatic imine (C=N–C) groups is 1. The average molecular weight is 569 g/mol. The molecule has 182 valence electrons. The third kappa shape index (κ3) is 7.79. The minimum atomic E-state index is -4.21. The van der Waals surface area contributed by atoms with Crippen LogP contribution in [0.2, 0.25) is 0 Å². The summed E-state index contributed by atoms with van der Waals surface area (Å²) in [4.78, 5) is 22.3. The van der Waals surface area contributed by atoms with Gasteiger partial charge in [-0.15, -0.1) is 24.0 Å². The first-order valence-electron chi connectivity index (χ1n) is 10.9. The number of amides is 1. The summed E-state index contributed by atoms with van der Waals surface area (Å²) in [6, 6.07) is 5.98. The lowest BCUT2D eigenvalue weighted by molar-refractivity contribution is -0.181. The number of nitrogens with zero attached hydrogens (tertiary/aromatic N) is 4. The van der Waals surface area contributed by atoms with Crippen LogP contribution in [-0.4, -0.2) is 84.6 Å². The molecule has 0 spiro atoms. The van der Waals surface area contributed by atoms with Crippen molar-refractivity contribution in [3.63, 3.8) is 0 Å². The first-order valence-corrected chi connectivity index (χ1v) is 10.9. The lowest BCUT2D eigenvalue weighted by atomic mass is 10.1. The van der Waals surface area contributed by atoms with Gasteiger partial charge in [-0.25, -0.2) is 4.99 Å². The summed E-state index contributed by atoms with van der Waals surface area (Å²) in [7, 11) is 0. The van der Waals surface area contributed by atoms with E-state index in [9.17, 15) is 18.0 Å². The summed E-state index contributed by atoms with van der Waals surface area (Å²) < 4.78 is 38.9. The quantitative estimate of drug-likeness (QED) is 0.309. The van der Waals surface area contributed by atoms with Crippen molar-refractivity contribution in [3.8, 4) is 0 Å². The Balaban J connectivity index is 0.00000512. The van der Waals surface area contributed by atoms with E-state index in [-0.39, 0.29) is 29.9 Å². The van der Waals surface area contributed by atoms with Gasteiger partial charge in [0.25, 0.3) is 5.91 Å². The molecule has 0 saturated carbocycles. The molecule has 1 unspecified atom stereocenters. The molecule has 1 fully saturated rings. The third-order valence-corrected chi connectivity index (χ3v) is 5.63. The Labute approximate surface area is 206 Å². The fraction of sp³-hybridized carbons (Fsp3) is 0.636.